The average molecular weight is 582 g/mol. The van der Waals surface area contributed by atoms with E-state index >= 15 is 4.39 Å². The highest BCUT2D eigenvalue weighted by Gasteiger charge is 2.38. The summed E-state index contributed by atoms with van der Waals surface area (Å²) in [6, 6.07) is 21.0. The quantitative estimate of drug-likeness (QED) is 0.286. The molecular formula is C34H36FN5O3. The number of nitrogens with one attached hydrogen (secondary N) is 1. The monoisotopic (exact) mass is 581 g/mol. The van der Waals surface area contributed by atoms with Crippen LogP contribution in [-0.4, -0.2) is 56.8 Å². The van der Waals surface area contributed by atoms with Crippen LogP contribution in [0.1, 0.15) is 37.5 Å². The van der Waals surface area contributed by atoms with Crippen molar-refractivity contribution >= 4 is 11.8 Å². The molecule has 2 amide bonds. The number of benzene rings is 3. The average Bonchev–Trinajstić information content (AvgIpc) is 3.02. The van der Waals surface area contributed by atoms with Gasteiger partial charge in [-0.15, -0.1) is 0 Å². The first-order valence-electron chi connectivity index (χ1n) is 14.5. The zero-order valence-electron chi connectivity index (χ0n) is 24.7. The van der Waals surface area contributed by atoms with E-state index in [4.69, 9.17) is 4.74 Å². The summed E-state index contributed by atoms with van der Waals surface area (Å²) in [5.74, 6) is 0.943. The minimum atomic E-state index is -0.727. The van der Waals surface area contributed by atoms with Crippen molar-refractivity contribution in [3.8, 4) is 22.9 Å². The minimum absolute atomic E-state index is 0.175. The van der Waals surface area contributed by atoms with Gasteiger partial charge in [-0.3, -0.25) is 14.5 Å². The van der Waals surface area contributed by atoms with E-state index in [1.165, 1.54) is 13.0 Å². The van der Waals surface area contributed by atoms with Gasteiger partial charge in [-0.2, -0.15) is 0 Å². The number of carbonyl (C=O) groups is 2. The molecule has 0 spiro atoms. The zero-order chi connectivity index (χ0) is 30.3. The van der Waals surface area contributed by atoms with Gasteiger partial charge < -0.3 is 15.0 Å². The number of halogens is 1. The Kier molecular flexibility index (Phi) is 9.41. The summed E-state index contributed by atoms with van der Waals surface area (Å²) < 4.78 is 21.5. The number of para-hydroxylation sites is 1. The third kappa shape index (κ3) is 7.06. The summed E-state index contributed by atoms with van der Waals surface area (Å²) in [6.07, 6.45) is 4.17. The first-order chi connectivity index (χ1) is 20.8. The van der Waals surface area contributed by atoms with Crippen molar-refractivity contribution in [3.05, 3.63) is 108 Å². The Bertz CT molecular complexity index is 1560. The third-order valence-corrected chi connectivity index (χ3v) is 7.71. The van der Waals surface area contributed by atoms with Crippen LogP contribution >= 0.6 is 0 Å². The highest BCUT2D eigenvalue weighted by atomic mass is 19.1. The van der Waals surface area contributed by atoms with Crippen LogP contribution < -0.4 is 10.1 Å². The van der Waals surface area contributed by atoms with E-state index in [9.17, 15) is 9.59 Å². The molecule has 0 aliphatic carbocycles. The Morgan fingerprint density at radius 1 is 0.953 bits per heavy atom. The third-order valence-electron chi connectivity index (χ3n) is 7.71. The summed E-state index contributed by atoms with van der Waals surface area (Å²) in [5.41, 5.74) is 3.23. The van der Waals surface area contributed by atoms with Crippen molar-refractivity contribution in [2.75, 3.05) is 13.1 Å². The van der Waals surface area contributed by atoms with Crippen LogP contribution in [0.25, 0.3) is 11.4 Å². The summed E-state index contributed by atoms with van der Waals surface area (Å²) >= 11 is 0. The number of ether oxygens (including phenoxy) is 1. The number of aromatic nitrogens is 2. The number of rotatable bonds is 9. The van der Waals surface area contributed by atoms with Crippen LogP contribution in [0.4, 0.5) is 4.39 Å². The van der Waals surface area contributed by atoms with Crippen molar-refractivity contribution in [3.63, 3.8) is 0 Å². The molecule has 4 aromatic rings. The van der Waals surface area contributed by atoms with Crippen molar-refractivity contribution < 1.29 is 18.7 Å². The Morgan fingerprint density at radius 2 is 1.67 bits per heavy atom. The molecule has 1 N–H and O–H groups in total. The second-order valence-electron chi connectivity index (χ2n) is 10.8. The van der Waals surface area contributed by atoms with Crippen molar-refractivity contribution in [1.82, 2.24) is 25.1 Å². The number of piperazine rings is 1. The van der Waals surface area contributed by atoms with E-state index in [2.05, 4.69) is 15.3 Å². The lowest BCUT2D eigenvalue weighted by molar-refractivity contribution is -0.146. The number of aryl methyl sites for hydroxylation is 1. The maximum Gasteiger partial charge on any atom is 0.244 e. The maximum absolute atomic E-state index is 15.2. The zero-order valence-corrected chi connectivity index (χ0v) is 24.7. The van der Waals surface area contributed by atoms with Crippen LogP contribution in [0.2, 0.25) is 0 Å². The van der Waals surface area contributed by atoms with E-state index in [-0.39, 0.29) is 36.8 Å². The van der Waals surface area contributed by atoms with Crippen molar-refractivity contribution in [1.29, 1.82) is 0 Å². The van der Waals surface area contributed by atoms with Crippen LogP contribution in [0.15, 0.2) is 85.2 Å². The molecule has 43 heavy (non-hydrogen) atoms. The molecule has 2 heterocycles. The normalized spacial score (nSPS) is 17.0. The lowest BCUT2D eigenvalue weighted by Gasteiger charge is -2.44. The fourth-order valence-corrected chi connectivity index (χ4v) is 5.60. The number of hydrogen-bond donors (Lipinski definition) is 1. The van der Waals surface area contributed by atoms with Gasteiger partial charge in [0.15, 0.2) is 5.82 Å². The summed E-state index contributed by atoms with van der Waals surface area (Å²) in [5, 5.41) is 3.00. The van der Waals surface area contributed by atoms with Crippen molar-refractivity contribution in [2.45, 2.75) is 52.4 Å². The standard InChI is InChI=1S/C34H36FN5O3/c1-4-26-9-5-6-11-31(26)43-32-12-7-10-29(35)28(32)21-39-20-23(2)40(24(3)41)30(22-39)34(42)38-19-25-13-15-27(16-14-25)33-36-17-8-18-37-33/h5-18,23,30H,4,19-22H2,1-3H3,(H,38,42). The van der Waals surface area contributed by atoms with Crippen LogP contribution in [0.3, 0.4) is 0 Å². The molecule has 8 nitrogen and oxygen atoms in total. The van der Waals surface area contributed by atoms with E-state index in [0.29, 0.717) is 36.0 Å². The molecule has 0 saturated carbocycles. The number of nitrogens with zero attached hydrogens (tertiary/aromatic N) is 4. The van der Waals surface area contributed by atoms with E-state index < -0.39 is 6.04 Å². The Morgan fingerprint density at radius 3 is 2.40 bits per heavy atom. The molecule has 1 aliphatic heterocycles. The number of amides is 2. The van der Waals surface area contributed by atoms with Gasteiger partial charge in [-0.05, 0) is 48.7 Å². The largest absolute Gasteiger partial charge is 0.457 e. The van der Waals surface area contributed by atoms with Gasteiger partial charge in [-0.1, -0.05) is 55.5 Å². The SMILES string of the molecule is CCc1ccccc1Oc1cccc(F)c1CN1CC(C)N(C(C)=O)C(C(=O)NCc2ccc(-c3ncccn3)cc2)C1. The lowest BCUT2D eigenvalue weighted by Crippen LogP contribution is -2.63. The van der Waals surface area contributed by atoms with E-state index in [1.54, 1.807) is 35.5 Å². The molecule has 0 bridgehead atoms. The van der Waals surface area contributed by atoms with Gasteiger partial charge in [0.2, 0.25) is 11.8 Å². The predicted octanol–water partition coefficient (Wildman–Crippen LogP) is 5.38. The smallest absolute Gasteiger partial charge is 0.244 e. The Hall–Kier alpha value is -4.63. The lowest BCUT2D eigenvalue weighted by atomic mass is 10.0. The number of carbonyl (C=O) groups excluding carboxylic acids is 2. The molecule has 9 heteroatoms. The maximum atomic E-state index is 15.2. The van der Waals surface area contributed by atoms with Gasteiger partial charge in [-0.25, -0.2) is 14.4 Å². The van der Waals surface area contributed by atoms with E-state index in [1.807, 2.05) is 67.3 Å². The van der Waals surface area contributed by atoms with Crippen LogP contribution in [0.5, 0.6) is 11.5 Å². The van der Waals surface area contributed by atoms with Gasteiger partial charge in [0.1, 0.15) is 23.4 Å². The molecular weight excluding hydrogens is 545 g/mol. The topological polar surface area (TPSA) is 87.7 Å². The Balaban J connectivity index is 1.30. The summed E-state index contributed by atoms with van der Waals surface area (Å²) in [7, 11) is 0. The van der Waals surface area contributed by atoms with E-state index in [0.717, 1.165) is 23.1 Å². The van der Waals surface area contributed by atoms with Gasteiger partial charge in [0.05, 0.1) is 0 Å². The molecule has 2 atom stereocenters. The van der Waals surface area contributed by atoms with Crippen LogP contribution in [0, 0.1) is 5.82 Å². The Labute approximate surface area is 251 Å². The second-order valence-corrected chi connectivity index (χ2v) is 10.8. The molecule has 2 unspecified atom stereocenters. The summed E-state index contributed by atoms with van der Waals surface area (Å²) in [4.78, 5) is 38.3. The fourth-order valence-electron chi connectivity index (χ4n) is 5.60. The predicted molar refractivity (Wildman–Crippen MR) is 163 cm³/mol. The molecule has 222 valence electrons. The minimum Gasteiger partial charge on any atom is -0.457 e. The molecule has 5 rings (SSSR count). The van der Waals surface area contributed by atoms with Crippen LogP contribution in [-0.2, 0) is 29.1 Å². The fraction of sp³-hybridized carbons (Fsp3) is 0.294. The molecule has 1 saturated heterocycles. The number of hydrogen-bond acceptors (Lipinski definition) is 6. The van der Waals surface area contributed by atoms with Gasteiger partial charge >= 0.3 is 0 Å². The van der Waals surface area contributed by atoms with Gasteiger partial charge in [0.25, 0.3) is 0 Å². The first kappa shape index (κ1) is 29.8. The molecule has 0 radical (unpaired) electrons. The highest BCUT2D eigenvalue weighted by Crippen LogP contribution is 2.32. The molecule has 1 fully saturated rings. The van der Waals surface area contributed by atoms with Crippen molar-refractivity contribution in [2.24, 2.45) is 0 Å². The first-order valence-corrected chi connectivity index (χ1v) is 14.5. The molecule has 1 aliphatic rings. The van der Waals surface area contributed by atoms with Gasteiger partial charge in [0, 0.05) is 62.7 Å². The highest BCUT2D eigenvalue weighted by molar-refractivity contribution is 5.87. The molecule has 3 aromatic carbocycles. The summed E-state index contributed by atoms with van der Waals surface area (Å²) in [6.45, 7) is 6.72. The second kappa shape index (κ2) is 13.6. The molecule has 1 aromatic heterocycles.